The van der Waals surface area contributed by atoms with Gasteiger partial charge in [-0.1, -0.05) is 30.3 Å². The molecule has 0 radical (unpaired) electrons. The summed E-state index contributed by atoms with van der Waals surface area (Å²) in [6.45, 7) is 0.139. The highest BCUT2D eigenvalue weighted by Gasteiger charge is 2.09. The van der Waals surface area contributed by atoms with Gasteiger partial charge in [-0.25, -0.2) is 8.78 Å². The summed E-state index contributed by atoms with van der Waals surface area (Å²) >= 11 is 0. The van der Waals surface area contributed by atoms with Crippen LogP contribution < -0.4 is 10.6 Å². The Morgan fingerprint density at radius 1 is 0.957 bits per heavy atom. The molecule has 0 saturated carbocycles. The maximum atomic E-state index is 13.4. The van der Waals surface area contributed by atoms with Gasteiger partial charge in [0, 0.05) is 19.0 Å². The predicted octanol–water partition coefficient (Wildman–Crippen LogP) is 2.65. The Kier molecular flexibility index (Phi) is 5.80. The molecule has 0 bridgehead atoms. The zero-order valence-electron chi connectivity index (χ0n) is 12.3. The van der Waals surface area contributed by atoms with Crippen LogP contribution in [0.4, 0.5) is 14.5 Å². The van der Waals surface area contributed by atoms with E-state index < -0.39 is 17.5 Å². The van der Waals surface area contributed by atoms with Crippen molar-refractivity contribution in [2.45, 2.75) is 12.8 Å². The molecule has 0 saturated heterocycles. The molecule has 0 atom stereocenters. The van der Waals surface area contributed by atoms with Gasteiger partial charge in [0.2, 0.25) is 11.8 Å². The summed E-state index contributed by atoms with van der Waals surface area (Å²) < 4.78 is 26.1. The minimum absolute atomic E-state index is 0.00263. The van der Waals surface area contributed by atoms with Gasteiger partial charge in [0.1, 0.15) is 11.6 Å². The van der Waals surface area contributed by atoms with Crippen molar-refractivity contribution >= 4 is 17.5 Å². The van der Waals surface area contributed by atoms with E-state index in [9.17, 15) is 18.4 Å². The molecule has 0 aliphatic heterocycles. The van der Waals surface area contributed by atoms with Crippen molar-refractivity contribution in [3.8, 4) is 0 Å². The van der Waals surface area contributed by atoms with Crippen molar-refractivity contribution in [2.24, 2.45) is 0 Å². The Labute approximate surface area is 132 Å². The molecule has 0 aliphatic rings. The quantitative estimate of drug-likeness (QED) is 0.860. The molecule has 2 amide bonds. The number of nitrogens with one attached hydrogen (secondary N) is 2. The average Bonchev–Trinajstić information content (AvgIpc) is 2.51. The molecule has 23 heavy (non-hydrogen) atoms. The lowest BCUT2D eigenvalue weighted by Gasteiger charge is -2.08. The van der Waals surface area contributed by atoms with Crippen molar-refractivity contribution in [2.75, 3.05) is 11.9 Å². The smallest absolute Gasteiger partial charge is 0.226 e. The van der Waals surface area contributed by atoms with Crippen LogP contribution in [0.3, 0.4) is 0 Å². The highest BCUT2D eigenvalue weighted by atomic mass is 19.1. The van der Waals surface area contributed by atoms with Crippen molar-refractivity contribution in [3.05, 3.63) is 65.7 Å². The van der Waals surface area contributed by atoms with E-state index in [0.717, 1.165) is 17.7 Å². The maximum Gasteiger partial charge on any atom is 0.226 e. The van der Waals surface area contributed by atoms with Gasteiger partial charge in [-0.3, -0.25) is 9.59 Å². The molecule has 0 aromatic heterocycles. The molecule has 4 nitrogen and oxygen atoms in total. The van der Waals surface area contributed by atoms with Crippen molar-refractivity contribution in [1.29, 1.82) is 0 Å². The van der Waals surface area contributed by atoms with E-state index in [2.05, 4.69) is 10.6 Å². The van der Waals surface area contributed by atoms with E-state index >= 15 is 0 Å². The van der Waals surface area contributed by atoms with Gasteiger partial charge < -0.3 is 10.6 Å². The summed E-state index contributed by atoms with van der Waals surface area (Å²) in [4.78, 5) is 23.4. The molecule has 2 rings (SSSR count). The van der Waals surface area contributed by atoms with Crippen LogP contribution >= 0.6 is 0 Å². The standard InChI is InChI=1S/C17H16F2N2O2/c18-13-6-7-15(14(19)11-13)21-16(22)8-9-20-17(23)10-12-4-2-1-3-5-12/h1-7,11H,8-10H2,(H,20,23)(H,21,22). The third kappa shape index (κ3) is 5.50. The second-order valence-electron chi connectivity index (χ2n) is 4.93. The summed E-state index contributed by atoms with van der Waals surface area (Å²) in [5.74, 6) is -2.22. The van der Waals surface area contributed by atoms with E-state index in [0.29, 0.717) is 6.07 Å². The molecular formula is C17H16F2N2O2. The van der Waals surface area contributed by atoms with Crippen LogP contribution in [0.5, 0.6) is 0 Å². The number of hydrogen-bond acceptors (Lipinski definition) is 2. The first-order chi connectivity index (χ1) is 11.0. The minimum Gasteiger partial charge on any atom is -0.355 e. The molecular weight excluding hydrogens is 302 g/mol. The number of benzene rings is 2. The second-order valence-corrected chi connectivity index (χ2v) is 4.93. The summed E-state index contributed by atoms with van der Waals surface area (Å²) in [5.41, 5.74) is 0.787. The van der Waals surface area contributed by atoms with Crippen molar-refractivity contribution < 1.29 is 18.4 Å². The van der Waals surface area contributed by atoms with Crippen molar-refractivity contribution in [1.82, 2.24) is 5.32 Å². The fourth-order valence-corrected chi connectivity index (χ4v) is 1.96. The number of hydrogen-bond donors (Lipinski definition) is 2. The summed E-state index contributed by atoms with van der Waals surface area (Å²) in [5, 5.41) is 4.95. The van der Waals surface area contributed by atoms with Crippen molar-refractivity contribution in [3.63, 3.8) is 0 Å². The first-order valence-electron chi connectivity index (χ1n) is 7.10. The lowest BCUT2D eigenvalue weighted by Crippen LogP contribution is -2.29. The van der Waals surface area contributed by atoms with Crippen LogP contribution in [-0.4, -0.2) is 18.4 Å². The summed E-state index contributed by atoms with van der Waals surface area (Å²) in [6, 6.07) is 12.1. The lowest BCUT2D eigenvalue weighted by atomic mass is 10.1. The van der Waals surface area contributed by atoms with Crippen LogP contribution in [-0.2, 0) is 16.0 Å². The topological polar surface area (TPSA) is 58.2 Å². The van der Waals surface area contributed by atoms with Crippen LogP contribution in [0.25, 0.3) is 0 Å². The summed E-state index contributed by atoms with van der Waals surface area (Å²) in [7, 11) is 0. The van der Waals surface area contributed by atoms with Gasteiger partial charge in [-0.2, -0.15) is 0 Å². The number of carbonyl (C=O) groups excluding carboxylic acids is 2. The number of halogens is 2. The molecule has 2 aromatic rings. The number of amides is 2. The largest absolute Gasteiger partial charge is 0.355 e. The molecule has 6 heteroatoms. The molecule has 0 unspecified atom stereocenters. The highest BCUT2D eigenvalue weighted by Crippen LogP contribution is 2.14. The molecule has 0 heterocycles. The Morgan fingerprint density at radius 2 is 1.70 bits per heavy atom. The van der Waals surface area contributed by atoms with Gasteiger partial charge in [0.25, 0.3) is 0 Å². The Hall–Kier alpha value is -2.76. The number of anilines is 1. The fraction of sp³-hybridized carbons (Fsp3) is 0.176. The van der Waals surface area contributed by atoms with E-state index in [1.54, 1.807) is 0 Å². The monoisotopic (exact) mass is 318 g/mol. The van der Waals surface area contributed by atoms with E-state index in [4.69, 9.17) is 0 Å². The van der Waals surface area contributed by atoms with Gasteiger partial charge in [-0.15, -0.1) is 0 Å². The molecule has 120 valence electrons. The normalized spacial score (nSPS) is 10.2. The Balaban J connectivity index is 1.73. The third-order valence-electron chi connectivity index (χ3n) is 3.09. The number of carbonyl (C=O) groups is 2. The molecule has 0 fully saturated rings. The first-order valence-corrected chi connectivity index (χ1v) is 7.10. The predicted molar refractivity (Wildman–Crippen MR) is 82.8 cm³/mol. The Morgan fingerprint density at radius 3 is 2.39 bits per heavy atom. The maximum absolute atomic E-state index is 13.4. The highest BCUT2D eigenvalue weighted by molar-refractivity contribution is 5.91. The SMILES string of the molecule is O=C(Cc1ccccc1)NCCC(=O)Nc1ccc(F)cc1F. The van der Waals surface area contributed by atoms with Crippen LogP contribution in [0.15, 0.2) is 48.5 Å². The van der Waals surface area contributed by atoms with Gasteiger partial charge in [0.05, 0.1) is 12.1 Å². The molecule has 0 spiro atoms. The minimum atomic E-state index is -0.841. The van der Waals surface area contributed by atoms with E-state index in [1.807, 2.05) is 30.3 Å². The zero-order chi connectivity index (χ0) is 16.7. The van der Waals surface area contributed by atoms with Crippen LogP contribution in [0.1, 0.15) is 12.0 Å². The lowest BCUT2D eigenvalue weighted by molar-refractivity contribution is -0.120. The first kappa shape index (κ1) is 16.6. The number of rotatable bonds is 6. The van der Waals surface area contributed by atoms with Gasteiger partial charge in [-0.05, 0) is 17.7 Å². The Bertz CT molecular complexity index is 690. The molecule has 0 aliphatic carbocycles. The van der Waals surface area contributed by atoms with E-state index in [1.165, 1.54) is 0 Å². The fourth-order valence-electron chi connectivity index (χ4n) is 1.96. The van der Waals surface area contributed by atoms with Gasteiger partial charge >= 0.3 is 0 Å². The summed E-state index contributed by atoms with van der Waals surface area (Å²) in [6.07, 6.45) is 0.229. The zero-order valence-corrected chi connectivity index (χ0v) is 12.3. The third-order valence-corrected chi connectivity index (χ3v) is 3.09. The average molecular weight is 318 g/mol. The van der Waals surface area contributed by atoms with Crippen LogP contribution in [0, 0.1) is 11.6 Å². The second kappa shape index (κ2) is 8.03. The van der Waals surface area contributed by atoms with Crippen LogP contribution in [0.2, 0.25) is 0 Å². The van der Waals surface area contributed by atoms with E-state index in [-0.39, 0.29) is 31.0 Å². The molecule has 2 aromatic carbocycles. The van der Waals surface area contributed by atoms with Gasteiger partial charge in [0.15, 0.2) is 0 Å². The molecule has 2 N–H and O–H groups in total.